The molecule has 39 heavy (non-hydrogen) atoms. The van der Waals surface area contributed by atoms with Crippen LogP contribution in [0.1, 0.15) is 57.8 Å². The summed E-state index contributed by atoms with van der Waals surface area (Å²) in [7, 11) is 3.72. The molecular weight excluding hydrogens is 492 g/mol. The van der Waals surface area contributed by atoms with Crippen LogP contribution in [0, 0.1) is 11.8 Å². The first-order valence-electron chi connectivity index (χ1n) is 14.0. The van der Waals surface area contributed by atoms with E-state index in [4.69, 9.17) is 4.74 Å². The number of benzene rings is 2. The van der Waals surface area contributed by atoms with Crippen molar-refractivity contribution < 1.29 is 19.1 Å². The zero-order chi connectivity index (χ0) is 28.5. The van der Waals surface area contributed by atoms with Crippen LogP contribution in [-0.2, 0) is 20.8 Å². The summed E-state index contributed by atoms with van der Waals surface area (Å²) in [6, 6.07) is 14.8. The first-order chi connectivity index (χ1) is 18.6. The lowest BCUT2D eigenvalue weighted by Gasteiger charge is -2.34. The number of rotatable bonds is 8. The van der Waals surface area contributed by atoms with E-state index in [0.717, 1.165) is 17.5 Å². The highest BCUT2D eigenvalue weighted by Gasteiger charge is 2.38. The number of hydrogen-bond donors (Lipinski definition) is 3. The average Bonchev–Trinajstić information content (AvgIpc) is 2.90. The van der Waals surface area contributed by atoms with E-state index in [1.807, 2.05) is 101 Å². The molecule has 2 bridgehead atoms. The van der Waals surface area contributed by atoms with E-state index in [-0.39, 0.29) is 23.7 Å². The topological polar surface area (TPSA) is 99.8 Å². The minimum atomic E-state index is -1.09. The molecule has 0 saturated carbocycles. The van der Waals surface area contributed by atoms with Gasteiger partial charge in [-0.3, -0.25) is 19.3 Å². The number of ether oxygens (including phenoxy) is 1. The minimum absolute atomic E-state index is 0.0599. The number of amides is 3. The summed E-state index contributed by atoms with van der Waals surface area (Å²) in [5.41, 5.74) is 1.80. The van der Waals surface area contributed by atoms with Gasteiger partial charge < -0.3 is 20.7 Å². The molecule has 2 heterocycles. The molecule has 212 valence electrons. The van der Waals surface area contributed by atoms with Gasteiger partial charge in [0.05, 0.1) is 6.04 Å². The SMILES string of the molecule is CC[C@@H](C)[C@@H](C(=O)N[C@@H]1C(=O)N[C@@H](CC(C)C)C(=O)NCCc2ccc(cc2)O[C@@H]1c1ccccc1)N(C)C. The normalized spacial score (nSPS) is 21.9. The van der Waals surface area contributed by atoms with Gasteiger partial charge >= 0.3 is 0 Å². The van der Waals surface area contributed by atoms with Crippen molar-refractivity contribution in [2.45, 2.75) is 71.2 Å². The molecule has 2 aromatic rings. The van der Waals surface area contributed by atoms with Crippen molar-refractivity contribution in [2.75, 3.05) is 20.6 Å². The van der Waals surface area contributed by atoms with Gasteiger partial charge in [-0.1, -0.05) is 76.6 Å². The van der Waals surface area contributed by atoms with Gasteiger partial charge in [0, 0.05) is 6.54 Å². The summed E-state index contributed by atoms with van der Waals surface area (Å²) in [5, 5.41) is 8.95. The van der Waals surface area contributed by atoms with E-state index < -0.39 is 30.1 Å². The molecule has 0 aliphatic carbocycles. The second-order valence-corrected chi connectivity index (χ2v) is 11.1. The quantitative estimate of drug-likeness (QED) is 0.480. The third kappa shape index (κ3) is 8.30. The lowest BCUT2D eigenvalue weighted by atomic mass is 9.95. The summed E-state index contributed by atoms with van der Waals surface area (Å²) in [4.78, 5) is 42.8. The Morgan fingerprint density at radius 3 is 2.28 bits per heavy atom. The number of nitrogens with one attached hydrogen (secondary N) is 3. The summed E-state index contributed by atoms with van der Waals surface area (Å²) < 4.78 is 6.46. The van der Waals surface area contributed by atoms with E-state index in [9.17, 15) is 14.4 Å². The molecule has 2 aliphatic heterocycles. The van der Waals surface area contributed by atoms with Crippen LogP contribution in [0.2, 0.25) is 0 Å². The van der Waals surface area contributed by atoms with Crippen LogP contribution in [0.4, 0.5) is 0 Å². The van der Waals surface area contributed by atoms with Crippen LogP contribution in [-0.4, -0.2) is 61.4 Å². The fraction of sp³-hybridized carbons (Fsp3) is 0.516. The average molecular weight is 537 g/mol. The van der Waals surface area contributed by atoms with Gasteiger partial charge in [-0.25, -0.2) is 0 Å². The van der Waals surface area contributed by atoms with Crippen molar-refractivity contribution in [2.24, 2.45) is 11.8 Å². The van der Waals surface area contributed by atoms with Gasteiger partial charge in [0.15, 0.2) is 6.10 Å². The highest BCUT2D eigenvalue weighted by Crippen LogP contribution is 2.27. The second-order valence-electron chi connectivity index (χ2n) is 11.1. The highest BCUT2D eigenvalue weighted by atomic mass is 16.5. The number of hydrogen-bond acceptors (Lipinski definition) is 5. The van der Waals surface area contributed by atoms with Crippen molar-refractivity contribution >= 4 is 17.7 Å². The molecule has 0 unspecified atom stereocenters. The highest BCUT2D eigenvalue weighted by molar-refractivity contribution is 5.93. The van der Waals surface area contributed by atoms with Crippen molar-refractivity contribution in [3.05, 3.63) is 65.7 Å². The van der Waals surface area contributed by atoms with Gasteiger partial charge in [-0.05, 0) is 62.0 Å². The molecule has 0 aromatic heterocycles. The van der Waals surface area contributed by atoms with Crippen molar-refractivity contribution in [1.82, 2.24) is 20.9 Å². The number of carbonyl (C=O) groups is 3. The molecule has 3 N–H and O–H groups in total. The predicted octanol–water partition coefficient (Wildman–Crippen LogP) is 3.47. The summed E-state index contributed by atoms with van der Waals surface area (Å²) in [6.45, 7) is 8.53. The van der Waals surface area contributed by atoms with Gasteiger partial charge in [-0.2, -0.15) is 0 Å². The van der Waals surface area contributed by atoms with E-state index in [2.05, 4.69) is 16.0 Å². The Labute approximate surface area is 232 Å². The lowest BCUT2D eigenvalue weighted by Crippen LogP contribution is -2.59. The molecule has 2 aliphatic rings. The molecule has 0 spiro atoms. The maximum atomic E-state index is 14.0. The monoisotopic (exact) mass is 536 g/mol. The number of carbonyl (C=O) groups excluding carboxylic acids is 3. The Hall–Kier alpha value is -3.39. The van der Waals surface area contributed by atoms with E-state index >= 15 is 0 Å². The molecule has 0 fully saturated rings. The molecule has 8 heteroatoms. The maximum Gasteiger partial charge on any atom is 0.247 e. The molecule has 3 amide bonds. The standard InChI is InChI=1S/C31H44N4O4/c1-7-21(4)27(35(5)6)31(38)34-26-28(23-11-9-8-10-12-23)39-24-15-13-22(14-16-24)17-18-32-29(36)25(19-20(2)3)33-30(26)37/h8-16,20-21,25-28H,7,17-19H2,1-6H3,(H,32,36)(H,33,37)(H,34,38)/t21-,25+,26+,27+,28-/m1/s1. The molecule has 8 nitrogen and oxygen atoms in total. The largest absolute Gasteiger partial charge is 0.483 e. The lowest BCUT2D eigenvalue weighted by molar-refractivity contribution is -0.136. The van der Waals surface area contributed by atoms with Gasteiger partial charge in [-0.15, -0.1) is 0 Å². The van der Waals surface area contributed by atoms with Gasteiger partial charge in [0.25, 0.3) is 0 Å². The van der Waals surface area contributed by atoms with Crippen molar-refractivity contribution in [3.8, 4) is 5.75 Å². The maximum absolute atomic E-state index is 14.0. The Morgan fingerprint density at radius 2 is 1.69 bits per heavy atom. The predicted molar refractivity (Wildman–Crippen MR) is 153 cm³/mol. The van der Waals surface area contributed by atoms with Crippen LogP contribution in [0.15, 0.2) is 54.6 Å². The molecule has 0 saturated heterocycles. The first-order valence-corrected chi connectivity index (χ1v) is 14.0. The summed E-state index contributed by atoms with van der Waals surface area (Å²) in [6.07, 6.45) is 1.10. The smallest absolute Gasteiger partial charge is 0.247 e. The van der Waals surface area contributed by atoms with Crippen LogP contribution in [0.25, 0.3) is 0 Å². The molecule has 5 atom stereocenters. The van der Waals surface area contributed by atoms with E-state index in [1.165, 1.54) is 0 Å². The fourth-order valence-electron chi connectivity index (χ4n) is 5.01. The fourth-order valence-corrected chi connectivity index (χ4v) is 5.01. The minimum Gasteiger partial charge on any atom is -0.483 e. The Bertz CT molecular complexity index is 1090. The molecular formula is C31H44N4O4. The Morgan fingerprint density at radius 1 is 1.03 bits per heavy atom. The third-order valence-corrected chi connectivity index (χ3v) is 7.26. The van der Waals surface area contributed by atoms with Crippen molar-refractivity contribution in [1.29, 1.82) is 0 Å². The summed E-state index contributed by atoms with van der Waals surface area (Å²) in [5.74, 6) is -0.146. The van der Waals surface area contributed by atoms with Crippen molar-refractivity contribution in [3.63, 3.8) is 0 Å². The first kappa shape index (κ1) is 30.2. The number of fused-ring (bicyclic) bond motifs is 11. The van der Waals surface area contributed by atoms with E-state index in [1.54, 1.807) is 0 Å². The molecule has 4 rings (SSSR count). The molecule has 2 aromatic carbocycles. The van der Waals surface area contributed by atoms with Crippen LogP contribution < -0.4 is 20.7 Å². The van der Waals surface area contributed by atoms with Crippen LogP contribution in [0.3, 0.4) is 0 Å². The zero-order valence-corrected chi connectivity index (χ0v) is 24.1. The van der Waals surface area contributed by atoms with Gasteiger partial charge in [0.1, 0.15) is 17.8 Å². The zero-order valence-electron chi connectivity index (χ0n) is 24.1. The van der Waals surface area contributed by atoms with Gasteiger partial charge in [0.2, 0.25) is 17.7 Å². The number of likely N-dealkylation sites (N-methyl/N-ethyl adjacent to an activating group) is 1. The Kier molecular flexibility index (Phi) is 10.9. The Balaban J connectivity index is 2.09. The third-order valence-electron chi connectivity index (χ3n) is 7.26. The van der Waals surface area contributed by atoms with Crippen LogP contribution in [0.5, 0.6) is 5.75 Å². The summed E-state index contributed by atoms with van der Waals surface area (Å²) >= 11 is 0. The molecule has 0 radical (unpaired) electrons. The van der Waals surface area contributed by atoms with E-state index in [0.29, 0.717) is 25.1 Å². The second kappa shape index (κ2) is 14.1. The number of nitrogens with zero attached hydrogens (tertiary/aromatic N) is 1. The van der Waals surface area contributed by atoms with Crippen LogP contribution >= 0.6 is 0 Å².